The molecule has 1 aliphatic rings. The zero-order chi connectivity index (χ0) is 15.1. The molecule has 1 aromatic carbocycles. The van der Waals surface area contributed by atoms with Crippen molar-refractivity contribution in [2.75, 3.05) is 19.0 Å². The van der Waals surface area contributed by atoms with Gasteiger partial charge in [0.05, 0.1) is 11.2 Å². The Morgan fingerprint density at radius 2 is 1.65 bits per heavy atom. The van der Waals surface area contributed by atoms with E-state index in [2.05, 4.69) is 0 Å². The van der Waals surface area contributed by atoms with Crippen LogP contribution in [0.2, 0.25) is 0 Å². The number of anilines is 1. The molecule has 0 saturated carbocycles. The quantitative estimate of drug-likeness (QED) is 0.623. The molecule has 1 saturated heterocycles. The highest BCUT2D eigenvalue weighted by Crippen LogP contribution is 2.36. The van der Waals surface area contributed by atoms with Crippen molar-refractivity contribution in [3.63, 3.8) is 0 Å². The van der Waals surface area contributed by atoms with Crippen LogP contribution in [0.4, 0.5) is 5.69 Å². The van der Waals surface area contributed by atoms with Crippen molar-refractivity contribution in [3.05, 3.63) is 23.8 Å². The molecule has 5 heteroatoms. The van der Waals surface area contributed by atoms with Crippen molar-refractivity contribution in [2.45, 2.75) is 38.9 Å². The second-order valence-electron chi connectivity index (χ2n) is 6.41. The molecule has 108 valence electrons. The summed E-state index contributed by atoms with van der Waals surface area (Å²) in [4.78, 5) is 13.3. The van der Waals surface area contributed by atoms with Gasteiger partial charge in [-0.1, -0.05) is 6.07 Å². The molecule has 1 heterocycles. The third-order valence-corrected chi connectivity index (χ3v) is 4.22. The van der Waals surface area contributed by atoms with Gasteiger partial charge in [0.15, 0.2) is 0 Å². The molecule has 0 spiro atoms. The Hall–Kier alpha value is -1.33. The van der Waals surface area contributed by atoms with Crippen molar-refractivity contribution in [2.24, 2.45) is 0 Å². The minimum atomic E-state index is -0.503. The van der Waals surface area contributed by atoms with E-state index in [1.54, 1.807) is 0 Å². The highest BCUT2D eigenvalue weighted by atomic mass is 16.7. The van der Waals surface area contributed by atoms with Gasteiger partial charge in [-0.25, -0.2) is 0 Å². The van der Waals surface area contributed by atoms with Gasteiger partial charge in [-0.2, -0.15) is 0 Å². The van der Waals surface area contributed by atoms with Crippen LogP contribution in [-0.2, 0) is 9.31 Å². The maximum Gasteiger partial charge on any atom is 0.495 e. The van der Waals surface area contributed by atoms with E-state index >= 15 is 0 Å². The lowest BCUT2D eigenvalue weighted by atomic mass is 9.76. The van der Waals surface area contributed by atoms with Crippen LogP contribution in [0.5, 0.6) is 0 Å². The molecule has 0 atom stereocenters. The summed E-state index contributed by atoms with van der Waals surface area (Å²) in [6, 6.07) is 5.72. The van der Waals surface area contributed by atoms with Crippen molar-refractivity contribution >= 4 is 24.6 Å². The summed E-state index contributed by atoms with van der Waals surface area (Å²) in [7, 11) is 3.38. The molecule has 0 radical (unpaired) electrons. The topological polar surface area (TPSA) is 38.8 Å². The van der Waals surface area contributed by atoms with E-state index in [4.69, 9.17) is 9.31 Å². The summed E-state index contributed by atoms with van der Waals surface area (Å²) in [5.41, 5.74) is 1.56. The zero-order valence-corrected chi connectivity index (χ0v) is 13.1. The fourth-order valence-corrected chi connectivity index (χ4v) is 2.13. The second-order valence-corrected chi connectivity index (χ2v) is 6.41. The number of carbonyl (C=O) groups is 1. The van der Waals surface area contributed by atoms with Gasteiger partial charge < -0.3 is 14.2 Å². The van der Waals surface area contributed by atoms with Gasteiger partial charge >= 0.3 is 7.12 Å². The van der Waals surface area contributed by atoms with Crippen LogP contribution >= 0.6 is 0 Å². The molecular weight excluding hydrogens is 253 g/mol. The summed E-state index contributed by atoms with van der Waals surface area (Å²) in [6.45, 7) is 8.01. The smallest absolute Gasteiger partial charge is 0.399 e. The van der Waals surface area contributed by atoms with E-state index in [-0.39, 0.29) is 0 Å². The van der Waals surface area contributed by atoms with Gasteiger partial charge in [0.2, 0.25) is 0 Å². The molecule has 0 bridgehead atoms. The minimum absolute atomic E-state index is 0.405. The first-order valence-corrected chi connectivity index (χ1v) is 6.80. The SMILES string of the molecule is CN(C)c1ccc(B2OC(C)(C)C(C)(C)O2)c(C=O)c1. The summed E-state index contributed by atoms with van der Waals surface area (Å²) in [5.74, 6) is 0. The Morgan fingerprint density at radius 1 is 1.10 bits per heavy atom. The van der Waals surface area contributed by atoms with Gasteiger partial charge in [-0.3, -0.25) is 4.79 Å². The minimum Gasteiger partial charge on any atom is -0.399 e. The first kappa shape index (κ1) is 15.1. The van der Waals surface area contributed by atoms with E-state index in [9.17, 15) is 4.79 Å². The van der Waals surface area contributed by atoms with Gasteiger partial charge in [-0.05, 0) is 45.3 Å². The lowest BCUT2D eigenvalue weighted by Gasteiger charge is -2.32. The largest absolute Gasteiger partial charge is 0.495 e. The normalized spacial score (nSPS) is 20.0. The summed E-state index contributed by atoms with van der Waals surface area (Å²) < 4.78 is 12.0. The van der Waals surface area contributed by atoms with Crippen molar-refractivity contribution in [3.8, 4) is 0 Å². The van der Waals surface area contributed by atoms with Gasteiger partial charge in [0.1, 0.15) is 6.29 Å². The summed E-state index contributed by atoms with van der Waals surface area (Å²) in [6.07, 6.45) is 0.855. The molecule has 20 heavy (non-hydrogen) atoms. The lowest BCUT2D eigenvalue weighted by molar-refractivity contribution is 0.00578. The first-order chi connectivity index (χ1) is 9.18. The van der Waals surface area contributed by atoms with Crippen LogP contribution in [0.15, 0.2) is 18.2 Å². The zero-order valence-electron chi connectivity index (χ0n) is 13.1. The van der Waals surface area contributed by atoms with Crippen LogP contribution in [0.3, 0.4) is 0 Å². The van der Waals surface area contributed by atoms with Crippen LogP contribution in [0.1, 0.15) is 38.1 Å². The standard InChI is InChI=1S/C15H22BNO3/c1-14(2)15(3,4)20-16(19-14)13-8-7-12(17(5)6)9-11(13)10-18/h7-10H,1-6H3. The number of benzene rings is 1. The molecule has 1 fully saturated rings. The third kappa shape index (κ3) is 2.48. The molecule has 0 amide bonds. The van der Waals surface area contributed by atoms with Crippen LogP contribution in [0, 0.1) is 0 Å². The molecule has 1 aliphatic heterocycles. The average molecular weight is 275 g/mol. The number of rotatable bonds is 3. The molecule has 0 aromatic heterocycles. The van der Waals surface area contributed by atoms with Gasteiger partial charge in [-0.15, -0.1) is 0 Å². The predicted octanol–water partition coefficient (Wildman–Crippen LogP) is 1.86. The fourth-order valence-electron chi connectivity index (χ4n) is 2.13. The molecular formula is C15H22BNO3. The van der Waals surface area contributed by atoms with Crippen LogP contribution in [0.25, 0.3) is 0 Å². The van der Waals surface area contributed by atoms with Crippen molar-refractivity contribution in [1.82, 2.24) is 0 Å². The average Bonchev–Trinajstić information content (AvgIpc) is 2.57. The van der Waals surface area contributed by atoms with Crippen molar-refractivity contribution in [1.29, 1.82) is 0 Å². The highest BCUT2D eigenvalue weighted by Gasteiger charge is 2.52. The molecule has 0 unspecified atom stereocenters. The number of carbonyl (C=O) groups excluding carboxylic acids is 1. The van der Waals surface area contributed by atoms with Gasteiger partial charge in [0.25, 0.3) is 0 Å². The van der Waals surface area contributed by atoms with E-state index in [1.807, 2.05) is 64.9 Å². The van der Waals surface area contributed by atoms with E-state index < -0.39 is 18.3 Å². The second kappa shape index (κ2) is 4.90. The first-order valence-electron chi connectivity index (χ1n) is 6.80. The summed E-state index contributed by atoms with van der Waals surface area (Å²) >= 11 is 0. The third-order valence-electron chi connectivity index (χ3n) is 4.22. The Labute approximate surface area is 121 Å². The Morgan fingerprint density at radius 3 is 2.10 bits per heavy atom. The maximum atomic E-state index is 11.4. The number of hydrogen-bond acceptors (Lipinski definition) is 4. The van der Waals surface area contributed by atoms with E-state index in [0.717, 1.165) is 17.4 Å². The van der Waals surface area contributed by atoms with Crippen LogP contribution < -0.4 is 10.4 Å². The highest BCUT2D eigenvalue weighted by molar-refractivity contribution is 6.63. The Bertz CT molecular complexity index is 510. The van der Waals surface area contributed by atoms with E-state index in [1.165, 1.54) is 0 Å². The fraction of sp³-hybridized carbons (Fsp3) is 0.533. The van der Waals surface area contributed by atoms with Crippen LogP contribution in [-0.4, -0.2) is 38.7 Å². The Kier molecular flexibility index (Phi) is 3.69. The molecule has 0 N–H and O–H groups in total. The van der Waals surface area contributed by atoms with E-state index in [0.29, 0.717) is 5.56 Å². The number of hydrogen-bond donors (Lipinski definition) is 0. The van der Waals surface area contributed by atoms with Gasteiger partial charge in [0, 0.05) is 25.3 Å². The lowest BCUT2D eigenvalue weighted by Crippen LogP contribution is -2.41. The Balaban J connectivity index is 2.38. The maximum absolute atomic E-state index is 11.4. The molecule has 1 aromatic rings. The molecule has 2 rings (SSSR count). The number of nitrogens with zero attached hydrogens (tertiary/aromatic N) is 1. The monoisotopic (exact) mass is 275 g/mol. The molecule has 4 nitrogen and oxygen atoms in total. The van der Waals surface area contributed by atoms with Crippen molar-refractivity contribution < 1.29 is 14.1 Å². The number of aldehydes is 1. The summed E-state index contributed by atoms with van der Waals surface area (Å²) in [5, 5.41) is 0. The predicted molar refractivity (Wildman–Crippen MR) is 81.9 cm³/mol. The molecule has 0 aliphatic carbocycles.